The Bertz CT molecular complexity index is 407. The van der Waals surface area contributed by atoms with E-state index in [1.54, 1.807) is 19.2 Å². The molecule has 100 valence electrons. The van der Waals surface area contributed by atoms with Gasteiger partial charge in [-0.1, -0.05) is 12.1 Å². The highest BCUT2D eigenvalue weighted by Gasteiger charge is 2.36. The van der Waals surface area contributed by atoms with Crippen molar-refractivity contribution in [2.75, 3.05) is 14.2 Å². The Labute approximate surface area is 106 Å². The fourth-order valence-electron chi connectivity index (χ4n) is 2.44. The highest BCUT2D eigenvalue weighted by molar-refractivity contribution is 5.20. The lowest BCUT2D eigenvalue weighted by Gasteiger charge is -2.26. The predicted octanol–water partition coefficient (Wildman–Crippen LogP) is 2.52. The molecule has 0 aliphatic heterocycles. The van der Waals surface area contributed by atoms with Gasteiger partial charge in [0, 0.05) is 13.2 Å². The molecule has 18 heavy (non-hydrogen) atoms. The molecule has 2 nitrogen and oxygen atoms in total. The molecular formula is C14H19F2NO. The van der Waals surface area contributed by atoms with Crippen molar-refractivity contribution in [2.24, 2.45) is 5.92 Å². The van der Waals surface area contributed by atoms with Crippen molar-refractivity contribution in [3.8, 4) is 0 Å². The first kappa shape index (κ1) is 13.4. The van der Waals surface area contributed by atoms with Gasteiger partial charge in [0.2, 0.25) is 0 Å². The second kappa shape index (κ2) is 5.76. The summed E-state index contributed by atoms with van der Waals surface area (Å²) in [4.78, 5) is 0. The molecule has 2 atom stereocenters. The van der Waals surface area contributed by atoms with Crippen molar-refractivity contribution in [1.29, 1.82) is 0 Å². The Hall–Kier alpha value is -1.00. The molecule has 4 heteroatoms. The fraction of sp³-hybridized carbons (Fsp3) is 0.571. The highest BCUT2D eigenvalue weighted by Crippen LogP contribution is 2.36. The van der Waals surface area contributed by atoms with Crippen LogP contribution in [0, 0.1) is 17.6 Å². The molecule has 0 heterocycles. The zero-order valence-corrected chi connectivity index (χ0v) is 10.7. The van der Waals surface area contributed by atoms with E-state index in [1.165, 1.54) is 0 Å². The van der Waals surface area contributed by atoms with Crippen LogP contribution in [-0.4, -0.2) is 26.3 Å². The van der Waals surface area contributed by atoms with Gasteiger partial charge in [-0.25, -0.2) is 8.78 Å². The number of hydrogen-bond acceptors (Lipinski definition) is 2. The van der Waals surface area contributed by atoms with E-state index >= 15 is 0 Å². The zero-order chi connectivity index (χ0) is 13.1. The maximum absolute atomic E-state index is 13.6. The minimum atomic E-state index is -0.789. The number of methoxy groups -OCH3 is 1. The Kier molecular flexibility index (Phi) is 4.30. The van der Waals surface area contributed by atoms with E-state index in [9.17, 15) is 8.78 Å². The normalized spacial score (nSPS) is 18.7. The van der Waals surface area contributed by atoms with Crippen LogP contribution in [0.5, 0.6) is 0 Å². The summed E-state index contributed by atoms with van der Waals surface area (Å²) in [5.41, 5.74) is 0.400. The van der Waals surface area contributed by atoms with Gasteiger partial charge in [0.1, 0.15) is 0 Å². The molecule has 0 radical (unpaired) electrons. The lowest BCUT2D eigenvalue weighted by atomic mass is 9.98. The van der Waals surface area contributed by atoms with Gasteiger partial charge in [-0.3, -0.25) is 0 Å². The third-order valence-electron chi connectivity index (χ3n) is 3.60. The first-order valence-corrected chi connectivity index (χ1v) is 6.30. The van der Waals surface area contributed by atoms with E-state index in [1.807, 2.05) is 7.05 Å². The first-order valence-electron chi connectivity index (χ1n) is 6.30. The Balaban J connectivity index is 2.11. The van der Waals surface area contributed by atoms with Crippen molar-refractivity contribution in [2.45, 2.75) is 31.4 Å². The van der Waals surface area contributed by atoms with E-state index in [0.29, 0.717) is 17.9 Å². The lowest BCUT2D eigenvalue weighted by molar-refractivity contribution is 0.0531. The Morgan fingerprint density at radius 3 is 2.67 bits per heavy atom. The summed E-state index contributed by atoms with van der Waals surface area (Å²) in [6, 6.07) is 4.32. The maximum Gasteiger partial charge on any atom is 0.162 e. The van der Waals surface area contributed by atoms with E-state index < -0.39 is 11.6 Å². The average molecular weight is 255 g/mol. The first-order chi connectivity index (χ1) is 8.67. The van der Waals surface area contributed by atoms with Gasteiger partial charge in [0.15, 0.2) is 11.6 Å². The fourth-order valence-corrected chi connectivity index (χ4v) is 2.44. The average Bonchev–Trinajstić information content (AvgIpc) is 3.18. The maximum atomic E-state index is 13.6. The van der Waals surface area contributed by atoms with Crippen molar-refractivity contribution < 1.29 is 13.5 Å². The molecule has 0 bridgehead atoms. The van der Waals surface area contributed by atoms with Gasteiger partial charge < -0.3 is 10.1 Å². The van der Waals surface area contributed by atoms with Gasteiger partial charge >= 0.3 is 0 Å². The summed E-state index contributed by atoms with van der Waals surface area (Å²) >= 11 is 0. The van der Waals surface area contributed by atoms with Crippen LogP contribution in [0.1, 0.15) is 18.4 Å². The third-order valence-corrected chi connectivity index (χ3v) is 3.60. The summed E-state index contributed by atoms with van der Waals surface area (Å²) in [7, 11) is 3.51. The van der Waals surface area contributed by atoms with Crippen molar-refractivity contribution in [3.63, 3.8) is 0 Å². The largest absolute Gasteiger partial charge is 0.380 e. The van der Waals surface area contributed by atoms with Crippen LogP contribution in [0.25, 0.3) is 0 Å². The molecule has 0 saturated heterocycles. The van der Waals surface area contributed by atoms with Crippen LogP contribution in [0.15, 0.2) is 18.2 Å². The van der Waals surface area contributed by atoms with Gasteiger partial charge in [0.25, 0.3) is 0 Å². The van der Waals surface area contributed by atoms with Crippen molar-refractivity contribution in [3.05, 3.63) is 35.4 Å². The summed E-state index contributed by atoms with van der Waals surface area (Å²) in [5, 5.41) is 3.16. The lowest BCUT2D eigenvalue weighted by Crippen LogP contribution is -2.42. The third kappa shape index (κ3) is 2.87. The van der Waals surface area contributed by atoms with Crippen LogP contribution >= 0.6 is 0 Å². The molecule has 0 amide bonds. The Morgan fingerprint density at radius 1 is 1.39 bits per heavy atom. The van der Waals surface area contributed by atoms with Gasteiger partial charge in [-0.15, -0.1) is 0 Å². The monoisotopic (exact) mass is 255 g/mol. The smallest absolute Gasteiger partial charge is 0.162 e. The molecule has 1 fully saturated rings. The van der Waals surface area contributed by atoms with Crippen LogP contribution in [0.3, 0.4) is 0 Å². The number of hydrogen-bond donors (Lipinski definition) is 1. The molecule has 0 spiro atoms. The van der Waals surface area contributed by atoms with Crippen LogP contribution in [-0.2, 0) is 11.2 Å². The molecule has 1 aromatic rings. The zero-order valence-electron chi connectivity index (χ0n) is 10.7. The van der Waals surface area contributed by atoms with Crippen LogP contribution < -0.4 is 5.32 Å². The van der Waals surface area contributed by atoms with Crippen LogP contribution in [0.2, 0.25) is 0 Å². The van der Waals surface area contributed by atoms with E-state index in [-0.39, 0.29) is 12.1 Å². The molecular weight excluding hydrogens is 236 g/mol. The molecule has 1 saturated carbocycles. The number of likely N-dealkylation sites (N-methyl/N-ethyl adjacent to an activating group) is 1. The molecule has 2 unspecified atom stereocenters. The number of rotatable bonds is 6. The number of ether oxygens (including phenoxy) is 1. The summed E-state index contributed by atoms with van der Waals surface area (Å²) in [6.07, 6.45) is 2.82. The summed E-state index contributed by atoms with van der Waals surface area (Å²) in [5.74, 6) is -0.991. The van der Waals surface area contributed by atoms with E-state index in [0.717, 1.165) is 18.9 Å². The number of halogens is 2. The highest BCUT2D eigenvalue weighted by atomic mass is 19.2. The standard InChI is InChI=1S/C14H19F2NO/c1-17-12(14(18-2)9-6-7-9)8-10-4-3-5-11(15)13(10)16/h3-5,9,12,14,17H,6-8H2,1-2H3. The molecule has 0 aromatic heterocycles. The Morgan fingerprint density at radius 2 is 2.11 bits per heavy atom. The number of nitrogens with one attached hydrogen (secondary N) is 1. The molecule has 1 aromatic carbocycles. The summed E-state index contributed by atoms with van der Waals surface area (Å²) < 4.78 is 32.3. The SMILES string of the molecule is CNC(Cc1cccc(F)c1F)C(OC)C1CC1. The topological polar surface area (TPSA) is 21.3 Å². The summed E-state index contributed by atoms with van der Waals surface area (Å²) in [6.45, 7) is 0. The quantitative estimate of drug-likeness (QED) is 0.843. The molecule has 1 aliphatic rings. The van der Waals surface area contributed by atoms with Crippen molar-refractivity contribution in [1.82, 2.24) is 5.32 Å². The second-order valence-corrected chi connectivity index (χ2v) is 4.85. The van der Waals surface area contributed by atoms with E-state index in [4.69, 9.17) is 4.74 Å². The second-order valence-electron chi connectivity index (χ2n) is 4.85. The minimum absolute atomic E-state index is 0.0128. The molecule has 2 rings (SSSR count). The molecule has 1 aliphatic carbocycles. The minimum Gasteiger partial charge on any atom is -0.380 e. The predicted molar refractivity (Wildman–Crippen MR) is 66.4 cm³/mol. The van der Waals surface area contributed by atoms with Gasteiger partial charge in [-0.2, -0.15) is 0 Å². The van der Waals surface area contributed by atoms with Gasteiger partial charge in [0.05, 0.1) is 6.10 Å². The van der Waals surface area contributed by atoms with Crippen molar-refractivity contribution >= 4 is 0 Å². The van der Waals surface area contributed by atoms with E-state index in [2.05, 4.69) is 5.32 Å². The number of benzene rings is 1. The van der Waals surface area contributed by atoms with Gasteiger partial charge in [-0.05, 0) is 43.9 Å². The van der Waals surface area contributed by atoms with Crippen LogP contribution in [0.4, 0.5) is 8.78 Å². The molecule has 1 N–H and O–H groups in total.